The van der Waals surface area contributed by atoms with Crippen molar-refractivity contribution in [3.63, 3.8) is 0 Å². The number of carboxylic acid groups (broad SMARTS) is 1. The molecule has 2 heterocycles. The summed E-state index contributed by atoms with van der Waals surface area (Å²) in [5, 5.41) is 9.14. The molecule has 1 aromatic heterocycles. The Kier molecular flexibility index (Phi) is 3.44. The Hall–Kier alpha value is -2.44. The zero-order valence-electron chi connectivity index (χ0n) is 11.0. The van der Waals surface area contributed by atoms with E-state index in [2.05, 4.69) is 4.98 Å². The molecule has 0 aliphatic carbocycles. The van der Waals surface area contributed by atoms with E-state index in [9.17, 15) is 14.4 Å². The van der Waals surface area contributed by atoms with Crippen molar-refractivity contribution in [3.8, 4) is 0 Å². The van der Waals surface area contributed by atoms with E-state index in [1.54, 1.807) is 6.92 Å². The van der Waals surface area contributed by atoms with Crippen molar-refractivity contribution < 1.29 is 19.5 Å². The van der Waals surface area contributed by atoms with Crippen LogP contribution in [0.5, 0.6) is 0 Å². The van der Waals surface area contributed by atoms with Gasteiger partial charge in [-0.25, -0.2) is 0 Å². The Morgan fingerprint density at radius 2 is 2.10 bits per heavy atom. The quantitative estimate of drug-likeness (QED) is 0.814. The van der Waals surface area contributed by atoms with Crippen LogP contribution < -0.4 is 5.73 Å². The fourth-order valence-corrected chi connectivity index (χ4v) is 2.14. The van der Waals surface area contributed by atoms with Crippen LogP contribution in [0.25, 0.3) is 0 Å². The number of nitrogens with two attached hydrogens (primary N) is 1. The Labute approximate surface area is 115 Å². The average molecular weight is 277 g/mol. The fraction of sp³-hybridized carbons (Fsp3) is 0.385. The predicted molar refractivity (Wildman–Crippen MR) is 69.0 cm³/mol. The highest BCUT2D eigenvalue weighted by Gasteiger charge is 2.42. The molecule has 0 aromatic carbocycles. The van der Waals surface area contributed by atoms with Gasteiger partial charge in [0.1, 0.15) is 5.69 Å². The lowest BCUT2D eigenvalue weighted by Crippen LogP contribution is -2.35. The largest absolute Gasteiger partial charge is 0.481 e. The molecule has 2 rings (SSSR count). The minimum Gasteiger partial charge on any atom is -0.481 e. The first-order chi connectivity index (χ1) is 9.33. The first-order valence-corrected chi connectivity index (χ1v) is 6.12. The zero-order chi connectivity index (χ0) is 14.9. The molecule has 3 N–H and O–H groups in total. The molecule has 0 spiro atoms. The van der Waals surface area contributed by atoms with Gasteiger partial charge in [0.05, 0.1) is 11.0 Å². The van der Waals surface area contributed by atoms with Gasteiger partial charge in [-0.1, -0.05) is 0 Å². The average Bonchev–Trinajstić information content (AvgIpc) is 2.82. The summed E-state index contributed by atoms with van der Waals surface area (Å²) in [4.78, 5) is 39.6. The van der Waals surface area contributed by atoms with E-state index in [0.717, 1.165) is 0 Å². The highest BCUT2D eigenvalue weighted by molar-refractivity contribution is 5.95. The molecule has 1 saturated heterocycles. The van der Waals surface area contributed by atoms with E-state index in [1.807, 2.05) is 0 Å². The minimum atomic E-state index is -0.914. The summed E-state index contributed by atoms with van der Waals surface area (Å²) < 4.78 is 0. The zero-order valence-corrected chi connectivity index (χ0v) is 11.0. The number of carbonyl (C=O) groups is 3. The van der Waals surface area contributed by atoms with Gasteiger partial charge in [0.25, 0.3) is 5.91 Å². The van der Waals surface area contributed by atoms with E-state index < -0.39 is 17.3 Å². The second-order valence-electron chi connectivity index (χ2n) is 5.14. The van der Waals surface area contributed by atoms with Gasteiger partial charge >= 0.3 is 5.97 Å². The SMILES string of the molecule is CC1(C(=O)O)CCN(C(=O)c2ccc(C(N)=O)cn2)C1. The molecule has 7 heteroatoms. The standard InChI is InChI=1S/C13H15N3O4/c1-13(12(19)20)4-5-16(7-13)11(18)9-3-2-8(6-15-9)10(14)17/h2-3,6H,4-5,7H2,1H3,(H2,14,17)(H,19,20). The van der Waals surface area contributed by atoms with Crippen molar-refractivity contribution in [3.05, 3.63) is 29.6 Å². The maximum Gasteiger partial charge on any atom is 0.311 e. The number of aromatic nitrogens is 1. The molecule has 7 nitrogen and oxygen atoms in total. The number of carbonyl (C=O) groups excluding carboxylic acids is 2. The van der Waals surface area contributed by atoms with E-state index in [1.165, 1.54) is 23.2 Å². The van der Waals surface area contributed by atoms with Crippen molar-refractivity contribution in [1.82, 2.24) is 9.88 Å². The van der Waals surface area contributed by atoms with Crippen LogP contribution in [-0.4, -0.2) is 45.9 Å². The van der Waals surface area contributed by atoms with Gasteiger partial charge in [0.2, 0.25) is 5.91 Å². The molecule has 2 amide bonds. The third-order valence-corrected chi connectivity index (χ3v) is 3.54. The van der Waals surface area contributed by atoms with Crippen LogP contribution in [-0.2, 0) is 4.79 Å². The van der Waals surface area contributed by atoms with Crippen LogP contribution in [0.3, 0.4) is 0 Å². The molecule has 106 valence electrons. The monoisotopic (exact) mass is 277 g/mol. The highest BCUT2D eigenvalue weighted by atomic mass is 16.4. The molecule has 0 radical (unpaired) electrons. The Morgan fingerprint density at radius 1 is 1.40 bits per heavy atom. The molecule has 1 aliphatic heterocycles. The number of aliphatic carboxylic acids is 1. The van der Waals surface area contributed by atoms with Gasteiger partial charge in [-0.3, -0.25) is 19.4 Å². The molecular formula is C13H15N3O4. The number of hydrogen-bond donors (Lipinski definition) is 2. The molecule has 0 bridgehead atoms. The molecule has 0 saturated carbocycles. The summed E-state index contributed by atoms with van der Waals surface area (Å²) >= 11 is 0. The lowest BCUT2D eigenvalue weighted by atomic mass is 9.90. The highest BCUT2D eigenvalue weighted by Crippen LogP contribution is 2.30. The lowest BCUT2D eigenvalue weighted by Gasteiger charge is -2.19. The van der Waals surface area contributed by atoms with E-state index in [0.29, 0.717) is 13.0 Å². The van der Waals surface area contributed by atoms with Crippen LogP contribution in [0.4, 0.5) is 0 Å². The maximum absolute atomic E-state index is 12.2. The van der Waals surface area contributed by atoms with Crippen LogP contribution in [0, 0.1) is 5.41 Å². The van der Waals surface area contributed by atoms with Crippen molar-refractivity contribution in [2.45, 2.75) is 13.3 Å². The Morgan fingerprint density at radius 3 is 2.55 bits per heavy atom. The summed E-state index contributed by atoms with van der Waals surface area (Å²) in [6.45, 7) is 2.15. The lowest BCUT2D eigenvalue weighted by molar-refractivity contribution is -0.147. The van der Waals surface area contributed by atoms with Crippen LogP contribution in [0.2, 0.25) is 0 Å². The molecule has 20 heavy (non-hydrogen) atoms. The second-order valence-corrected chi connectivity index (χ2v) is 5.14. The van der Waals surface area contributed by atoms with Gasteiger partial charge in [0.15, 0.2) is 0 Å². The van der Waals surface area contributed by atoms with Crippen molar-refractivity contribution in [2.75, 3.05) is 13.1 Å². The molecule has 1 aromatic rings. The van der Waals surface area contributed by atoms with Crippen LogP contribution in [0.15, 0.2) is 18.3 Å². The third-order valence-electron chi connectivity index (χ3n) is 3.54. The summed E-state index contributed by atoms with van der Waals surface area (Å²) in [7, 11) is 0. The number of rotatable bonds is 3. The third kappa shape index (κ3) is 2.47. The fourth-order valence-electron chi connectivity index (χ4n) is 2.14. The normalized spacial score (nSPS) is 21.8. The Balaban J connectivity index is 2.13. The Bertz CT molecular complexity index is 569. The van der Waals surface area contributed by atoms with Crippen molar-refractivity contribution in [2.24, 2.45) is 11.1 Å². The first-order valence-electron chi connectivity index (χ1n) is 6.12. The first kappa shape index (κ1) is 14.0. The smallest absolute Gasteiger partial charge is 0.311 e. The predicted octanol–water partition coefficient (Wildman–Crippen LogP) is 0.117. The van der Waals surface area contributed by atoms with Crippen molar-refractivity contribution in [1.29, 1.82) is 0 Å². The number of hydrogen-bond acceptors (Lipinski definition) is 4. The summed E-state index contributed by atoms with van der Waals surface area (Å²) in [5.41, 5.74) is 4.57. The number of pyridine rings is 1. The van der Waals surface area contributed by atoms with Gasteiger partial charge in [-0.2, -0.15) is 0 Å². The maximum atomic E-state index is 12.2. The second kappa shape index (κ2) is 4.92. The minimum absolute atomic E-state index is 0.153. The van der Waals surface area contributed by atoms with E-state index >= 15 is 0 Å². The molecule has 1 unspecified atom stereocenters. The van der Waals surface area contributed by atoms with E-state index in [-0.39, 0.29) is 23.7 Å². The summed E-state index contributed by atoms with van der Waals surface area (Å²) in [6, 6.07) is 2.84. The van der Waals surface area contributed by atoms with Crippen LogP contribution in [0.1, 0.15) is 34.2 Å². The summed E-state index contributed by atoms with van der Waals surface area (Å²) in [5.74, 6) is -1.87. The molecule has 1 atom stereocenters. The van der Waals surface area contributed by atoms with Crippen LogP contribution >= 0.6 is 0 Å². The number of amides is 2. The van der Waals surface area contributed by atoms with Gasteiger partial charge in [0, 0.05) is 19.3 Å². The number of carboxylic acids is 1. The number of likely N-dealkylation sites (tertiary alicyclic amines) is 1. The summed E-state index contributed by atoms with van der Waals surface area (Å²) in [6.07, 6.45) is 1.65. The van der Waals surface area contributed by atoms with E-state index in [4.69, 9.17) is 10.8 Å². The van der Waals surface area contributed by atoms with Gasteiger partial charge in [-0.05, 0) is 25.5 Å². The molecule has 1 fully saturated rings. The van der Waals surface area contributed by atoms with Gasteiger partial charge in [-0.15, -0.1) is 0 Å². The topological polar surface area (TPSA) is 114 Å². The molecular weight excluding hydrogens is 262 g/mol. The van der Waals surface area contributed by atoms with Crippen molar-refractivity contribution >= 4 is 17.8 Å². The number of nitrogens with zero attached hydrogens (tertiary/aromatic N) is 2. The van der Waals surface area contributed by atoms with Gasteiger partial charge < -0.3 is 15.7 Å². The number of primary amides is 1. The molecule has 1 aliphatic rings.